The van der Waals surface area contributed by atoms with Gasteiger partial charge in [-0.15, -0.1) is 0 Å². The van der Waals surface area contributed by atoms with Gasteiger partial charge in [-0.1, -0.05) is 35.9 Å². The van der Waals surface area contributed by atoms with Crippen LogP contribution in [0.1, 0.15) is 27.0 Å². The van der Waals surface area contributed by atoms with E-state index in [0.717, 1.165) is 21.7 Å². The highest BCUT2D eigenvalue weighted by Gasteiger charge is 2.21. The van der Waals surface area contributed by atoms with Gasteiger partial charge in [-0.3, -0.25) is 4.79 Å². The van der Waals surface area contributed by atoms with Crippen LogP contribution in [-0.2, 0) is 26.1 Å². The van der Waals surface area contributed by atoms with Crippen LogP contribution in [0.2, 0.25) is 0 Å². The van der Waals surface area contributed by atoms with Gasteiger partial charge in [0, 0.05) is 12.2 Å². The number of benzene rings is 2. The number of hydrogen-bond acceptors (Lipinski definition) is 5. The number of methoxy groups -OCH3 is 1. The van der Waals surface area contributed by atoms with Crippen LogP contribution in [0, 0.1) is 13.8 Å². The summed E-state index contributed by atoms with van der Waals surface area (Å²) in [6, 6.07) is 12.3. The summed E-state index contributed by atoms with van der Waals surface area (Å²) in [5.41, 5.74) is 3.16. The minimum Gasteiger partial charge on any atom is -0.465 e. The number of aryl methyl sites for hydroxylation is 1. The molecule has 0 aliphatic rings. The summed E-state index contributed by atoms with van der Waals surface area (Å²) in [6.45, 7) is 3.38. The highest BCUT2D eigenvalue weighted by molar-refractivity contribution is 7.88. The fourth-order valence-electron chi connectivity index (χ4n) is 2.64. The molecule has 0 spiro atoms. The Labute approximate surface area is 165 Å². The molecule has 28 heavy (non-hydrogen) atoms. The second-order valence-electron chi connectivity index (χ2n) is 6.53. The van der Waals surface area contributed by atoms with Crippen LogP contribution in [0.25, 0.3) is 0 Å². The monoisotopic (exact) mass is 404 g/mol. The predicted octanol–water partition coefficient (Wildman–Crippen LogP) is 2.49. The van der Waals surface area contributed by atoms with Crippen molar-refractivity contribution in [2.75, 3.05) is 25.2 Å². The summed E-state index contributed by atoms with van der Waals surface area (Å²) >= 11 is 0. The van der Waals surface area contributed by atoms with Gasteiger partial charge >= 0.3 is 5.97 Å². The third-order valence-electron chi connectivity index (χ3n) is 4.28. The number of amides is 1. The lowest BCUT2D eigenvalue weighted by molar-refractivity contribution is -0.116. The third-order valence-corrected chi connectivity index (χ3v) is 5.48. The Bertz CT molecular complexity index is 969. The number of carbonyl (C=O) groups excluding carboxylic acids is 2. The molecular weight excluding hydrogens is 380 g/mol. The molecule has 7 nitrogen and oxygen atoms in total. The quantitative estimate of drug-likeness (QED) is 0.716. The van der Waals surface area contributed by atoms with Crippen LogP contribution < -0.4 is 5.32 Å². The van der Waals surface area contributed by atoms with Crippen LogP contribution in [0.15, 0.2) is 42.5 Å². The second-order valence-corrected chi connectivity index (χ2v) is 8.52. The third kappa shape index (κ3) is 5.64. The van der Waals surface area contributed by atoms with E-state index in [9.17, 15) is 18.0 Å². The maximum atomic E-state index is 12.5. The Balaban J connectivity index is 2.16. The van der Waals surface area contributed by atoms with E-state index in [2.05, 4.69) is 5.32 Å². The maximum Gasteiger partial charge on any atom is 0.338 e. The molecule has 0 saturated heterocycles. The van der Waals surface area contributed by atoms with Gasteiger partial charge in [0.05, 0.1) is 25.5 Å². The number of sulfonamides is 1. The zero-order valence-corrected chi connectivity index (χ0v) is 17.2. The Morgan fingerprint density at radius 3 is 2.29 bits per heavy atom. The Kier molecular flexibility index (Phi) is 6.93. The second kappa shape index (κ2) is 8.99. The number of anilines is 1. The van der Waals surface area contributed by atoms with E-state index in [4.69, 9.17) is 4.74 Å². The summed E-state index contributed by atoms with van der Waals surface area (Å²) < 4.78 is 30.1. The number of hydrogen-bond donors (Lipinski definition) is 1. The van der Waals surface area contributed by atoms with Crippen LogP contribution >= 0.6 is 0 Å². The number of nitrogens with zero attached hydrogens (tertiary/aromatic N) is 1. The van der Waals surface area contributed by atoms with Gasteiger partial charge in [0.2, 0.25) is 15.9 Å². The van der Waals surface area contributed by atoms with E-state index in [0.29, 0.717) is 16.8 Å². The van der Waals surface area contributed by atoms with Gasteiger partial charge < -0.3 is 10.1 Å². The summed E-state index contributed by atoms with van der Waals surface area (Å²) in [5, 5.41) is 2.67. The predicted molar refractivity (Wildman–Crippen MR) is 108 cm³/mol. The Morgan fingerprint density at radius 1 is 1.07 bits per heavy atom. The summed E-state index contributed by atoms with van der Waals surface area (Å²) in [7, 11) is -2.32. The first-order valence-electron chi connectivity index (χ1n) is 8.60. The van der Waals surface area contributed by atoms with E-state index in [1.54, 1.807) is 25.1 Å². The lowest BCUT2D eigenvalue weighted by Gasteiger charge is -2.20. The molecule has 0 aliphatic heterocycles. The molecule has 2 aromatic rings. The lowest BCUT2D eigenvalue weighted by atomic mass is 10.1. The Morgan fingerprint density at radius 2 is 1.71 bits per heavy atom. The van der Waals surface area contributed by atoms with Gasteiger partial charge in [0.1, 0.15) is 0 Å². The maximum absolute atomic E-state index is 12.5. The van der Waals surface area contributed by atoms with Crippen molar-refractivity contribution in [1.82, 2.24) is 4.31 Å². The molecule has 0 heterocycles. The first-order valence-corrected chi connectivity index (χ1v) is 10.4. The van der Waals surface area contributed by atoms with E-state index < -0.39 is 21.9 Å². The van der Waals surface area contributed by atoms with Crippen molar-refractivity contribution < 1.29 is 22.7 Å². The first-order chi connectivity index (χ1) is 13.1. The van der Waals surface area contributed by atoms with Gasteiger partial charge in [-0.2, -0.15) is 4.31 Å². The van der Waals surface area contributed by atoms with Crippen LogP contribution in [0.5, 0.6) is 0 Å². The standard InChI is InChI=1S/C20H24N2O5S/c1-14-8-10-16(11-9-14)12-22(28(4,25)26)13-19(23)21-18-7-5-6-17(15(18)2)20(24)27-3/h5-11H,12-13H2,1-4H3,(H,21,23). The highest BCUT2D eigenvalue weighted by Crippen LogP contribution is 2.20. The molecule has 0 fully saturated rings. The average molecular weight is 404 g/mol. The number of carbonyl (C=O) groups is 2. The van der Waals surface area contributed by atoms with E-state index in [-0.39, 0.29) is 13.1 Å². The van der Waals surface area contributed by atoms with Gasteiger partial charge in [-0.25, -0.2) is 13.2 Å². The molecule has 0 aromatic heterocycles. The molecule has 0 saturated carbocycles. The van der Waals surface area contributed by atoms with Crippen molar-refractivity contribution >= 4 is 27.6 Å². The Hall–Kier alpha value is -2.71. The number of ether oxygens (including phenoxy) is 1. The molecule has 2 aromatic carbocycles. The smallest absolute Gasteiger partial charge is 0.338 e. The van der Waals surface area contributed by atoms with Gasteiger partial charge in [-0.05, 0) is 37.1 Å². The fourth-order valence-corrected chi connectivity index (χ4v) is 3.37. The fraction of sp³-hybridized carbons (Fsp3) is 0.300. The molecule has 0 bridgehead atoms. The number of nitrogens with one attached hydrogen (secondary N) is 1. The normalized spacial score (nSPS) is 11.3. The molecule has 8 heteroatoms. The van der Waals surface area contributed by atoms with Crippen LogP contribution in [0.3, 0.4) is 0 Å². The molecule has 2 rings (SSSR count). The van der Waals surface area contributed by atoms with Crippen molar-refractivity contribution in [3.8, 4) is 0 Å². The molecule has 150 valence electrons. The van der Waals surface area contributed by atoms with Crippen LogP contribution in [-0.4, -0.2) is 44.5 Å². The van der Waals surface area contributed by atoms with E-state index in [1.807, 2.05) is 31.2 Å². The average Bonchev–Trinajstić information content (AvgIpc) is 2.63. The van der Waals surface area contributed by atoms with Gasteiger partial charge in [0.25, 0.3) is 0 Å². The molecule has 1 amide bonds. The molecule has 1 N–H and O–H groups in total. The molecule has 0 radical (unpaired) electrons. The largest absolute Gasteiger partial charge is 0.465 e. The minimum absolute atomic E-state index is 0.0910. The van der Waals surface area contributed by atoms with E-state index in [1.165, 1.54) is 7.11 Å². The topological polar surface area (TPSA) is 92.8 Å². The SMILES string of the molecule is COC(=O)c1cccc(NC(=O)CN(Cc2ccc(C)cc2)S(C)(=O)=O)c1C. The zero-order valence-electron chi connectivity index (χ0n) is 16.4. The first kappa shape index (κ1) is 21.6. The lowest BCUT2D eigenvalue weighted by Crippen LogP contribution is -2.37. The molecule has 0 aliphatic carbocycles. The summed E-state index contributed by atoms with van der Waals surface area (Å²) in [5.74, 6) is -1.01. The zero-order chi connectivity index (χ0) is 20.9. The highest BCUT2D eigenvalue weighted by atomic mass is 32.2. The van der Waals surface area contributed by atoms with Crippen molar-refractivity contribution in [2.24, 2.45) is 0 Å². The van der Waals surface area contributed by atoms with Crippen molar-refractivity contribution in [1.29, 1.82) is 0 Å². The summed E-state index contributed by atoms with van der Waals surface area (Å²) in [6.07, 6.45) is 1.07. The summed E-state index contributed by atoms with van der Waals surface area (Å²) in [4.78, 5) is 24.3. The van der Waals surface area contributed by atoms with Crippen molar-refractivity contribution in [3.05, 3.63) is 64.7 Å². The van der Waals surface area contributed by atoms with Crippen molar-refractivity contribution in [3.63, 3.8) is 0 Å². The van der Waals surface area contributed by atoms with Crippen molar-refractivity contribution in [2.45, 2.75) is 20.4 Å². The minimum atomic E-state index is -3.60. The van der Waals surface area contributed by atoms with E-state index >= 15 is 0 Å². The molecule has 0 unspecified atom stereocenters. The molecular formula is C20H24N2O5S. The number of esters is 1. The number of rotatable bonds is 7. The molecule has 0 atom stereocenters. The van der Waals surface area contributed by atoms with Crippen LogP contribution in [0.4, 0.5) is 5.69 Å². The van der Waals surface area contributed by atoms with Gasteiger partial charge in [0.15, 0.2) is 0 Å².